The smallest absolute Gasteiger partial charge is 0.317 e. The summed E-state index contributed by atoms with van der Waals surface area (Å²) in [5, 5.41) is 8.61. The average molecular weight is 189 g/mol. The van der Waals surface area contributed by atoms with Crippen LogP contribution in [-0.4, -0.2) is 39.6 Å². The Morgan fingerprint density at radius 1 is 1.67 bits per heavy atom. The Morgan fingerprint density at radius 2 is 2.33 bits per heavy atom. The number of hydrogen-bond acceptors (Lipinski definition) is 4. The molecule has 5 heteroatoms. The molecule has 4 nitrogen and oxygen atoms in total. The fraction of sp³-hybridized carbons (Fsp3) is 0.714. The fourth-order valence-electron chi connectivity index (χ4n) is 1.10. The van der Waals surface area contributed by atoms with E-state index in [2.05, 4.69) is 0 Å². The zero-order valence-corrected chi connectivity index (χ0v) is 7.63. The molecule has 0 spiro atoms. The van der Waals surface area contributed by atoms with Gasteiger partial charge in [-0.3, -0.25) is 14.5 Å². The van der Waals surface area contributed by atoms with Crippen LogP contribution >= 0.6 is 11.8 Å². The van der Waals surface area contributed by atoms with Crippen molar-refractivity contribution in [2.45, 2.75) is 18.7 Å². The van der Waals surface area contributed by atoms with Gasteiger partial charge in [-0.25, -0.2) is 0 Å². The highest BCUT2D eigenvalue weighted by Gasteiger charge is 2.30. The second-order valence-corrected chi connectivity index (χ2v) is 4.07. The number of rotatable bonds is 3. The molecule has 1 unspecified atom stereocenters. The van der Waals surface area contributed by atoms with Crippen molar-refractivity contribution in [1.82, 2.24) is 4.90 Å². The molecule has 0 saturated carbocycles. The van der Waals surface area contributed by atoms with E-state index in [0.717, 1.165) is 13.0 Å². The third-order valence-electron chi connectivity index (χ3n) is 1.71. The van der Waals surface area contributed by atoms with Crippen LogP contribution in [0.3, 0.4) is 0 Å². The summed E-state index contributed by atoms with van der Waals surface area (Å²) in [7, 11) is 0. The standard InChI is InChI=1S/C7H11NO3S/c1-5(9)12-6-2-3-8(6)4-7(10)11/h6H,2-4H2,1H3,(H,10,11). The third kappa shape index (κ3) is 2.49. The SMILES string of the molecule is CC(=O)SC1CCN1CC(=O)O. The first-order valence-corrected chi connectivity index (χ1v) is 4.60. The van der Waals surface area contributed by atoms with Crippen molar-refractivity contribution in [1.29, 1.82) is 0 Å². The molecule has 68 valence electrons. The number of carbonyl (C=O) groups excluding carboxylic acids is 1. The zero-order valence-electron chi connectivity index (χ0n) is 6.82. The summed E-state index contributed by atoms with van der Waals surface area (Å²) in [4.78, 5) is 22.8. The molecule has 0 radical (unpaired) electrons. The van der Waals surface area contributed by atoms with Gasteiger partial charge in [0.15, 0.2) is 5.12 Å². The van der Waals surface area contributed by atoms with Gasteiger partial charge in [-0.2, -0.15) is 0 Å². The van der Waals surface area contributed by atoms with Crippen LogP contribution in [0.25, 0.3) is 0 Å². The lowest BCUT2D eigenvalue weighted by molar-refractivity contribution is -0.139. The molecule has 1 rings (SSSR count). The Labute approximate surface area is 74.9 Å². The van der Waals surface area contributed by atoms with Crippen LogP contribution in [0.15, 0.2) is 0 Å². The van der Waals surface area contributed by atoms with E-state index in [4.69, 9.17) is 5.11 Å². The minimum atomic E-state index is -0.830. The van der Waals surface area contributed by atoms with Crippen LogP contribution in [0.5, 0.6) is 0 Å². The van der Waals surface area contributed by atoms with E-state index in [0.29, 0.717) is 0 Å². The molecule has 1 aliphatic heterocycles. The Balaban J connectivity index is 2.29. The first-order chi connectivity index (χ1) is 5.59. The zero-order chi connectivity index (χ0) is 9.14. The number of carboxylic acid groups (broad SMARTS) is 1. The monoisotopic (exact) mass is 189 g/mol. The van der Waals surface area contributed by atoms with Crippen LogP contribution in [0.2, 0.25) is 0 Å². The summed E-state index contributed by atoms with van der Waals surface area (Å²) in [6, 6.07) is 0. The normalized spacial score (nSPS) is 23.2. The second kappa shape index (κ2) is 3.91. The molecule has 0 aromatic carbocycles. The van der Waals surface area contributed by atoms with Gasteiger partial charge in [0.25, 0.3) is 0 Å². The molecule has 0 amide bonds. The lowest BCUT2D eigenvalue weighted by Crippen LogP contribution is -2.48. The summed E-state index contributed by atoms with van der Waals surface area (Å²) in [6.07, 6.45) is 0.914. The average Bonchev–Trinajstić information content (AvgIpc) is 1.93. The minimum absolute atomic E-state index is 0.0466. The number of hydrogen-bond donors (Lipinski definition) is 1. The summed E-state index contributed by atoms with van der Waals surface area (Å²) in [5.41, 5.74) is 0. The summed E-state index contributed by atoms with van der Waals surface area (Å²) < 4.78 is 0. The van der Waals surface area contributed by atoms with Gasteiger partial charge in [0.1, 0.15) is 0 Å². The Morgan fingerprint density at radius 3 is 2.67 bits per heavy atom. The summed E-state index contributed by atoms with van der Waals surface area (Å²) in [6.45, 7) is 2.34. The van der Waals surface area contributed by atoms with E-state index in [1.54, 1.807) is 4.90 Å². The minimum Gasteiger partial charge on any atom is -0.480 e. The summed E-state index contributed by atoms with van der Waals surface area (Å²) >= 11 is 1.21. The maximum atomic E-state index is 10.7. The molecule has 1 atom stereocenters. The van der Waals surface area contributed by atoms with Crippen LogP contribution in [0.4, 0.5) is 0 Å². The van der Waals surface area contributed by atoms with E-state index < -0.39 is 5.97 Å². The van der Waals surface area contributed by atoms with Crippen molar-refractivity contribution < 1.29 is 14.7 Å². The maximum absolute atomic E-state index is 10.7. The second-order valence-electron chi connectivity index (χ2n) is 2.72. The molecule has 0 aromatic heterocycles. The Bertz CT molecular complexity index is 185. The van der Waals surface area contributed by atoms with Gasteiger partial charge >= 0.3 is 5.97 Å². The van der Waals surface area contributed by atoms with Crippen LogP contribution in [0, 0.1) is 0 Å². The van der Waals surface area contributed by atoms with Crippen LogP contribution < -0.4 is 0 Å². The molecule has 1 saturated heterocycles. The molecular weight excluding hydrogens is 178 g/mol. The molecule has 0 aliphatic carbocycles. The van der Waals surface area contributed by atoms with Gasteiger partial charge in [-0.1, -0.05) is 11.8 Å². The van der Waals surface area contributed by atoms with Gasteiger partial charge in [0.05, 0.1) is 11.9 Å². The van der Waals surface area contributed by atoms with Crippen molar-refractivity contribution in [3.05, 3.63) is 0 Å². The third-order valence-corrected chi connectivity index (χ3v) is 2.85. The van der Waals surface area contributed by atoms with Gasteiger partial charge in [-0.15, -0.1) is 0 Å². The topological polar surface area (TPSA) is 57.6 Å². The maximum Gasteiger partial charge on any atom is 0.317 e. The Kier molecular flexibility index (Phi) is 3.11. The van der Waals surface area contributed by atoms with Crippen LogP contribution in [-0.2, 0) is 9.59 Å². The molecule has 1 fully saturated rings. The lowest BCUT2D eigenvalue weighted by Gasteiger charge is -2.38. The molecule has 0 bridgehead atoms. The molecule has 1 heterocycles. The van der Waals surface area contributed by atoms with Crippen molar-refractivity contribution in [2.24, 2.45) is 0 Å². The highest BCUT2D eigenvalue weighted by Crippen LogP contribution is 2.27. The Hall–Kier alpha value is -0.550. The molecular formula is C7H11NO3S. The first kappa shape index (κ1) is 9.54. The number of aliphatic carboxylic acids is 1. The number of carboxylic acids is 1. The molecule has 12 heavy (non-hydrogen) atoms. The van der Waals surface area contributed by atoms with Gasteiger partial charge in [-0.05, 0) is 6.42 Å². The van der Waals surface area contributed by atoms with E-state index in [9.17, 15) is 9.59 Å². The predicted molar refractivity (Wildman–Crippen MR) is 45.9 cm³/mol. The summed E-state index contributed by atoms with van der Waals surface area (Å²) in [5.74, 6) is -0.830. The predicted octanol–water partition coefficient (Wildman–Crippen LogP) is 0.382. The van der Waals surface area contributed by atoms with Gasteiger partial charge in [0.2, 0.25) is 0 Å². The molecule has 1 aliphatic rings. The van der Waals surface area contributed by atoms with E-state index in [1.165, 1.54) is 18.7 Å². The van der Waals surface area contributed by atoms with Crippen molar-refractivity contribution >= 4 is 22.8 Å². The van der Waals surface area contributed by atoms with Crippen LogP contribution in [0.1, 0.15) is 13.3 Å². The molecule has 1 N–H and O–H groups in total. The number of likely N-dealkylation sites (tertiary alicyclic amines) is 1. The fourth-order valence-corrected chi connectivity index (χ4v) is 2.03. The molecule has 0 aromatic rings. The van der Waals surface area contributed by atoms with Crippen molar-refractivity contribution in [2.75, 3.05) is 13.1 Å². The van der Waals surface area contributed by atoms with E-state index in [1.807, 2.05) is 0 Å². The van der Waals surface area contributed by atoms with Gasteiger partial charge in [0, 0.05) is 13.5 Å². The largest absolute Gasteiger partial charge is 0.480 e. The number of carbonyl (C=O) groups is 2. The van der Waals surface area contributed by atoms with Crippen molar-refractivity contribution in [3.63, 3.8) is 0 Å². The highest BCUT2D eigenvalue weighted by molar-refractivity contribution is 8.14. The number of nitrogens with zero attached hydrogens (tertiary/aromatic N) is 1. The lowest BCUT2D eigenvalue weighted by atomic mass is 10.2. The highest BCUT2D eigenvalue weighted by atomic mass is 32.2. The van der Waals surface area contributed by atoms with Gasteiger partial charge < -0.3 is 5.11 Å². The first-order valence-electron chi connectivity index (χ1n) is 3.72. The number of thioether (sulfide) groups is 1. The quantitative estimate of drug-likeness (QED) is 0.695. The van der Waals surface area contributed by atoms with E-state index in [-0.39, 0.29) is 17.0 Å². The van der Waals surface area contributed by atoms with E-state index >= 15 is 0 Å². The van der Waals surface area contributed by atoms with Crippen molar-refractivity contribution in [3.8, 4) is 0 Å².